The fraction of sp³-hybridized carbons (Fsp3) is 0.190. The van der Waals surface area contributed by atoms with E-state index < -0.39 is 0 Å². The Labute approximate surface area is 156 Å². The number of hydrogen-bond donors (Lipinski definition) is 1. The van der Waals surface area contributed by atoms with Crippen molar-refractivity contribution >= 4 is 34.0 Å². The zero-order chi connectivity index (χ0) is 18.4. The minimum atomic E-state index is -0.290. The number of hydrogen-bond acceptors (Lipinski definition) is 5. The van der Waals surface area contributed by atoms with Gasteiger partial charge in [-0.2, -0.15) is 0 Å². The van der Waals surface area contributed by atoms with Crippen molar-refractivity contribution in [1.29, 1.82) is 0 Å². The van der Waals surface area contributed by atoms with Gasteiger partial charge in [0.15, 0.2) is 0 Å². The fourth-order valence-corrected chi connectivity index (χ4v) is 3.99. The first-order chi connectivity index (χ1) is 13.3. The topological polar surface area (TPSA) is 65.5 Å². The lowest BCUT2D eigenvalue weighted by Gasteiger charge is -2.32. The average Bonchev–Trinajstić information content (AvgIpc) is 2.73. The van der Waals surface area contributed by atoms with Crippen LogP contribution in [0.1, 0.15) is 20.7 Å². The predicted octanol–water partition coefficient (Wildman–Crippen LogP) is 2.45. The van der Waals surface area contributed by atoms with Crippen LogP contribution in [-0.4, -0.2) is 43.0 Å². The third-order valence-corrected chi connectivity index (χ3v) is 5.26. The maximum atomic E-state index is 13.2. The molecule has 6 heteroatoms. The Morgan fingerprint density at radius 1 is 0.852 bits per heavy atom. The first kappa shape index (κ1) is 16.0. The number of piperazine rings is 1. The van der Waals surface area contributed by atoms with E-state index in [1.54, 1.807) is 30.6 Å². The molecule has 5 rings (SSSR count). The van der Waals surface area contributed by atoms with Crippen molar-refractivity contribution in [3.8, 4) is 0 Å². The molecule has 134 valence electrons. The summed E-state index contributed by atoms with van der Waals surface area (Å²) in [6, 6.07) is 12.9. The van der Waals surface area contributed by atoms with Crippen LogP contribution in [0.4, 0.5) is 11.4 Å². The molecule has 1 N–H and O–H groups in total. The Morgan fingerprint density at radius 2 is 1.56 bits per heavy atom. The largest absolute Gasteiger partial charge is 0.368 e. The number of amides is 2. The van der Waals surface area contributed by atoms with Crippen molar-refractivity contribution < 1.29 is 9.59 Å². The highest BCUT2D eigenvalue weighted by atomic mass is 16.2. The maximum absolute atomic E-state index is 13.2. The molecule has 1 saturated heterocycles. The van der Waals surface area contributed by atoms with E-state index in [4.69, 9.17) is 0 Å². The van der Waals surface area contributed by atoms with Gasteiger partial charge < -0.3 is 10.2 Å². The molecule has 1 fully saturated rings. The van der Waals surface area contributed by atoms with Crippen LogP contribution in [0.3, 0.4) is 0 Å². The zero-order valence-electron chi connectivity index (χ0n) is 14.7. The summed E-state index contributed by atoms with van der Waals surface area (Å²) in [5.74, 6) is -0.580. The van der Waals surface area contributed by atoms with E-state index in [2.05, 4.69) is 15.2 Å². The van der Waals surface area contributed by atoms with Gasteiger partial charge in [0.25, 0.3) is 11.8 Å². The average molecular weight is 358 g/mol. The number of pyridine rings is 1. The highest BCUT2D eigenvalue weighted by Crippen LogP contribution is 2.37. The Hall–Kier alpha value is -3.25. The molecular formula is C21H18N4O2. The first-order valence-corrected chi connectivity index (χ1v) is 9.06. The molecule has 0 aliphatic carbocycles. The number of rotatable bonds is 2. The number of nitrogens with one attached hydrogen (secondary N) is 1. The monoisotopic (exact) mass is 358 g/mol. The smallest absolute Gasteiger partial charge is 0.265 e. The van der Waals surface area contributed by atoms with Crippen molar-refractivity contribution in [3.63, 3.8) is 0 Å². The van der Waals surface area contributed by atoms with Crippen LogP contribution >= 0.6 is 0 Å². The Morgan fingerprint density at radius 3 is 2.30 bits per heavy atom. The predicted molar refractivity (Wildman–Crippen MR) is 104 cm³/mol. The quantitative estimate of drug-likeness (QED) is 0.713. The summed E-state index contributed by atoms with van der Waals surface area (Å²) in [7, 11) is 0. The molecular weight excluding hydrogens is 340 g/mol. The third kappa shape index (κ3) is 2.41. The SMILES string of the molecule is O=C1c2cccc3c(N4CCNCC4)ccc(c23)C(=O)N1c1ccncc1. The molecule has 2 aromatic carbocycles. The lowest BCUT2D eigenvalue weighted by atomic mass is 9.92. The van der Waals surface area contributed by atoms with Crippen LogP contribution in [0.15, 0.2) is 54.9 Å². The van der Waals surface area contributed by atoms with Crippen LogP contribution < -0.4 is 15.1 Å². The van der Waals surface area contributed by atoms with Gasteiger partial charge in [0.2, 0.25) is 0 Å². The normalized spacial score (nSPS) is 16.9. The van der Waals surface area contributed by atoms with Crippen LogP contribution in [0, 0.1) is 0 Å². The molecule has 0 spiro atoms. The van der Waals surface area contributed by atoms with Crippen LogP contribution in [0.5, 0.6) is 0 Å². The lowest BCUT2D eigenvalue weighted by molar-refractivity contribution is 0.0893. The Bertz CT molecular complexity index is 1040. The molecule has 0 radical (unpaired) electrons. The summed E-state index contributed by atoms with van der Waals surface area (Å²) in [5.41, 5.74) is 2.75. The second-order valence-electron chi connectivity index (χ2n) is 6.75. The van der Waals surface area contributed by atoms with E-state index in [-0.39, 0.29) is 11.8 Å². The molecule has 2 amide bonds. The maximum Gasteiger partial charge on any atom is 0.265 e. The number of aromatic nitrogens is 1. The first-order valence-electron chi connectivity index (χ1n) is 9.06. The summed E-state index contributed by atoms with van der Waals surface area (Å²) in [6.45, 7) is 3.67. The molecule has 3 heterocycles. The highest BCUT2D eigenvalue weighted by molar-refractivity contribution is 6.36. The molecule has 0 atom stereocenters. The van der Waals surface area contributed by atoms with Gasteiger partial charge in [0.1, 0.15) is 0 Å². The standard InChI is InChI=1S/C21H18N4O2/c26-20-16-3-1-2-15-18(24-12-10-23-11-13-24)5-4-17(19(15)16)21(27)25(20)14-6-8-22-9-7-14/h1-9,23H,10-13H2. The van der Waals surface area contributed by atoms with E-state index >= 15 is 0 Å². The van der Waals surface area contributed by atoms with E-state index in [0.717, 1.165) is 42.6 Å². The van der Waals surface area contributed by atoms with Gasteiger partial charge in [-0.15, -0.1) is 0 Å². The lowest BCUT2D eigenvalue weighted by Crippen LogP contribution is -2.44. The molecule has 2 aliphatic rings. The van der Waals surface area contributed by atoms with Gasteiger partial charge in [-0.3, -0.25) is 14.6 Å². The minimum absolute atomic E-state index is 0.290. The van der Waals surface area contributed by atoms with Crippen LogP contribution in [-0.2, 0) is 0 Å². The molecule has 1 aromatic heterocycles. The number of carbonyl (C=O) groups excluding carboxylic acids is 2. The number of benzene rings is 2. The second-order valence-corrected chi connectivity index (χ2v) is 6.75. The van der Waals surface area contributed by atoms with Gasteiger partial charge in [-0.25, -0.2) is 4.90 Å². The molecule has 0 bridgehead atoms. The van der Waals surface area contributed by atoms with Crippen molar-refractivity contribution in [2.45, 2.75) is 0 Å². The molecule has 2 aliphatic heterocycles. The van der Waals surface area contributed by atoms with Gasteiger partial charge in [-0.1, -0.05) is 12.1 Å². The van der Waals surface area contributed by atoms with Gasteiger partial charge in [0, 0.05) is 66.2 Å². The third-order valence-electron chi connectivity index (χ3n) is 5.26. The van der Waals surface area contributed by atoms with E-state index in [9.17, 15) is 9.59 Å². The van der Waals surface area contributed by atoms with Crippen LogP contribution in [0.25, 0.3) is 10.8 Å². The van der Waals surface area contributed by atoms with E-state index in [0.29, 0.717) is 16.8 Å². The molecule has 3 aromatic rings. The minimum Gasteiger partial charge on any atom is -0.368 e. The van der Waals surface area contributed by atoms with Crippen molar-refractivity contribution in [1.82, 2.24) is 10.3 Å². The van der Waals surface area contributed by atoms with Gasteiger partial charge in [0.05, 0.1) is 5.69 Å². The van der Waals surface area contributed by atoms with Crippen LogP contribution in [0.2, 0.25) is 0 Å². The number of carbonyl (C=O) groups is 2. The number of imide groups is 1. The summed E-state index contributed by atoms with van der Waals surface area (Å²) in [6.07, 6.45) is 3.17. The fourth-order valence-electron chi connectivity index (χ4n) is 3.99. The summed E-state index contributed by atoms with van der Waals surface area (Å²) < 4.78 is 0. The highest BCUT2D eigenvalue weighted by Gasteiger charge is 2.34. The van der Waals surface area contributed by atoms with E-state index in [1.165, 1.54) is 4.90 Å². The van der Waals surface area contributed by atoms with Crippen molar-refractivity contribution in [3.05, 3.63) is 66.0 Å². The Kier molecular flexibility index (Phi) is 3.65. The summed E-state index contributed by atoms with van der Waals surface area (Å²) in [4.78, 5) is 33.9. The molecule has 0 unspecified atom stereocenters. The van der Waals surface area contributed by atoms with Crippen molar-refractivity contribution in [2.75, 3.05) is 36.0 Å². The molecule has 6 nitrogen and oxygen atoms in total. The van der Waals surface area contributed by atoms with Gasteiger partial charge >= 0.3 is 0 Å². The van der Waals surface area contributed by atoms with Crippen molar-refractivity contribution in [2.24, 2.45) is 0 Å². The summed E-state index contributed by atoms with van der Waals surface area (Å²) in [5, 5.41) is 5.07. The number of nitrogens with zero attached hydrogens (tertiary/aromatic N) is 3. The second kappa shape index (κ2) is 6.17. The van der Waals surface area contributed by atoms with Gasteiger partial charge in [-0.05, 0) is 30.3 Å². The number of anilines is 2. The molecule has 0 saturated carbocycles. The zero-order valence-corrected chi connectivity index (χ0v) is 14.7. The summed E-state index contributed by atoms with van der Waals surface area (Å²) >= 11 is 0. The molecule has 27 heavy (non-hydrogen) atoms. The Balaban J connectivity index is 1.70. The van der Waals surface area contributed by atoms with E-state index in [1.807, 2.05) is 24.3 Å².